The van der Waals surface area contributed by atoms with Crippen LogP contribution in [-0.4, -0.2) is 11.2 Å². The van der Waals surface area contributed by atoms with E-state index in [2.05, 4.69) is 53.1 Å². The summed E-state index contributed by atoms with van der Waals surface area (Å²) in [7, 11) is 0. The van der Waals surface area contributed by atoms with Crippen LogP contribution in [0.15, 0.2) is 66.7 Å². The Morgan fingerprint density at radius 1 is 0.880 bits per heavy atom. The van der Waals surface area contributed by atoms with Crippen LogP contribution in [0.2, 0.25) is 5.02 Å². The lowest BCUT2D eigenvalue weighted by molar-refractivity contribution is 0.303. The SMILES string of the molecule is Cc1cc(OCCCn2c3ccccc3c3ccccc32)ccc1Cl. The maximum Gasteiger partial charge on any atom is 0.119 e. The van der Waals surface area contributed by atoms with Crippen LogP contribution >= 0.6 is 11.6 Å². The van der Waals surface area contributed by atoms with Crippen LogP contribution in [0, 0.1) is 6.92 Å². The molecule has 0 saturated carbocycles. The molecule has 0 aliphatic heterocycles. The van der Waals surface area contributed by atoms with Crippen molar-refractivity contribution in [2.75, 3.05) is 6.61 Å². The van der Waals surface area contributed by atoms with Gasteiger partial charge in [0.15, 0.2) is 0 Å². The zero-order valence-electron chi connectivity index (χ0n) is 14.2. The van der Waals surface area contributed by atoms with Crippen molar-refractivity contribution in [3.63, 3.8) is 0 Å². The van der Waals surface area contributed by atoms with Crippen molar-refractivity contribution in [2.45, 2.75) is 19.9 Å². The zero-order valence-corrected chi connectivity index (χ0v) is 15.0. The molecule has 25 heavy (non-hydrogen) atoms. The van der Waals surface area contributed by atoms with Gasteiger partial charge >= 0.3 is 0 Å². The lowest BCUT2D eigenvalue weighted by Gasteiger charge is -2.10. The average Bonchev–Trinajstić information content (AvgIpc) is 2.96. The molecule has 126 valence electrons. The minimum atomic E-state index is 0.682. The number of nitrogens with zero attached hydrogens (tertiary/aromatic N) is 1. The van der Waals surface area contributed by atoms with E-state index in [4.69, 9.17) is 16.3 Å². The number of ether oxygens (including phenoxy) is 1. The second-order valence-electron chi connectivity index (χ2n) is 6.30. The number of aromatic nitrogens is 1. The summed E-state index contributed by atoms with van der Waals surface area (Å²) < 4.78 is 8.28. The first-order valence-corrected chi connectivity index (χ1v) is 8.97. The number of aryl methyl sites for hydroxylation is 2. The van der Waals surface area contributed by atoms with E-state index in [9.17, 15) is 0 Å². The Morgan fingerprint density at radius 3 is 2.16 bits per heavy atom. The summed E-state index contributed by atoms with van der Waals surface area (Å²) in [6.45, 7) is 3.61. The fraction of sp³-hybridized carbons (Fsp3) is 0.182. The van der Waals surface area contributed by atoms with E-state index >= 15 is 0 Å². The van der Waals surface area contributed by atoms with Gasteiger partial charge in [-0.25, -0.2) is 0 Å². The summed E-state index contributed by atoms with van der Waals surface area (Å²) in [4.78, 5) is 0. The van der Waals surface area contributed by atoms with Gasteiger partial charge in [0.2, 0.25) is 0 Å². The maximum absolute atomic E-state index is 6.06. The van der Waals surface area contributed by atoms with Crippen LogP contribution in [-0.2, 0) is 6.54 Å². The predicted molar refractivity (Wildman–Crippen MR) is 106 cm³/mol. The van der Waals surface area contributed by atoms with Crippen LogP contribution in [0.25, 0.3) is 21.8 Å². The Kier molecular flexibility index (Phi) is 4.37. The van der Waals surface area contributed by atoms with E-state index in [-0.39, 0.29) is 0 Å². The fourth-order valence-corrected chi connectivity index (χ4v) is 3.48. The molecule has 0 N–H and O–H groups in total. The number of benzene rings is 3. The van der Waals surface area contributed by atoms with Crippen molar-refractivity contribution in [3.8, 4) is 5.75 Å². The Morgan fingerprint density at radius 2 is 1.52 bits per heavy atom. The van der Waals surface area contributed by atoms with Crippen molar-refractivity contribution in [1.82, 2.24) is 4.57 Å². The molecule has 0 atom stereocenters. The second kappa shape index (κ2) is 6.81. The molecular weight excluding hydrogens is 330 g/mol. The smallest absolute Gasteiger partial charge is 0.119 e. The van der Waals surface area contributed by atoms with Crippen LogP contribution in [0.1, 0.15) is 12.0 Å². The fourth-order valence-electron chi connectivity index (χ4n) is 3.36. The third-order valence-corrected chi connectivity index (χ3v) is 5.03. The number of hydrogen-bond donors (Lipinski definition) is 0. The number of para-hydroxylation sites is 2. The van der Waals surface area contributed by atoms with E-state index in [0.29, 0.717) is 6.61 Å². The Bertz CT molecular complexity index is 981. The van der Waals surface area contributed by atoms with E-state index < -0.39 is 0 Å². The molecule has 0 fully saturated rings. The molecule has 4 rings (SSSR count). The summed E-state index contributed by atoms with van der Waals surface area (Å²) in [5.74, 6) is 0.879. The van der Waals surface area contributed by atoms with Gasteiger partial charge in [-0.15, -0.1) is 0 Å². The largest absolute Gasteiger partial charge is 0.494 e. The molecule has 1 heterocycles. The van der Waals surface area contributed by atoms with Gasteiger partial charge in [0, 0.05) is 33.4 Å². The summed E-state index contributed by atoms with van der Waals surface area (Å²) in [5, 5.41) is 3.40. The molecule has 3 heteroatoms. The molecule has 0 aliphatic carbocycles. The molecular formula is C22H20ClNO. The highest BCUT2D eigenvalue weighted by atomic mass is 35.5. The normalized spacial score (nSPS) is 11.3. The standard InChI is InChI=1S/C22H20ClNO/c1-16-15-17(11-12-20(16)23)25-14-6-13-24-21-9-4-2-7-18(21)19-8-3-5-10-22(19)24/h2-5,7-12,15H,6,13-14H2,1H3. The van der Waals surface area contributed by atoms with Crippen LogP contribution < -0.4 is 4.74 Å². The van der Waals surface area contributed by atoms with Crippen molar-refractivity contribution < 1.29 is 4.74 Å². The minimum Gasteiger partial charge on any atom is -0.494 e. The highest BCUT2D eigenvalue weighted by molar-refractivity contribution is 6.31. The average molecular weight is 350 g/mol. The molecule has 4 aromatic rings. The minimum absolute atomic E-state index is 0.682. The highest BCUT2D eigenvalue weighted by Gasteiger charge is 2.09. The predicted octanol–water partition coefficient (Wildman–Crippen LogP) is 6.23. The van der Waals surface area contributed by atoms with E-state index in [1.165, 1.54) is 21.8 Å². The molecule has 0 saturated heterocycles. The maximum atomic E-state index is 6.06. The van der Waals surface area contributed by atoms with Gasteiger partial charge in [0.25, 0.3) is 0 Å². The number of halogens is 1. The first-order valence-electron chi connectivity index (χ1n) is 8.59. The quantitative estimate of drug-likeness (QED) is 0.390. The van der Waals surface area contributed by atoms with Gasteiger partial charge in [-0.3, -0.25) is 0 Å². The van der Waals surface area contributed by atoms with Crippen molar-refractivity contribution in [3.05, 3.63) is 77.3 Å². The molecule has 2 nitrogen and oxygen atoms in total. The second-order valence-corrected chi connectivity index (χ2v) is 6.71. The molecule has 0 radical (unpaired) electrons. The lowest BCUT2D eigenvalue weighted by Crippen LogP contribution is -2.04. The summed E-state index contributed by atoms with van der Waals surface area (Å²) >= 11 is 6.06. The van der Waals surface area contributed by atoms with E-state index in [1.54, 1.807) is 0 Å². The van der Waals surface area contributed by atoms with Gasteiger partial charge in [0.1, 0.15) is 5.75 Å². The van der Waals surface area contributed by atoms with Crippen LogP contribution in [0.4, 0.5) is 0 Å². The first kappa shape index (κ1) is 16.0. The molecule has 0 unspecified atom stereocenters. The molecule has 0 amide bonds. The molecule has 0 spiro atoms. The van der Waals surface area contributed by atoms with Crippen molar-refractivity contribution >= 4 is 33.4 Å². The van der Waals surface area contributed by atoms with Crippen LogP contribution in [0.5, 0.6) is 5.75 Å². The summed E-state index contributed by atoms with van der Waals surface area (Å²) in [6.07, 6.45) is 0.949. The first-order chi connectivity index (χ1) is 12.2. The summed E-state index contributed by atoms with van der Waals surface area (Å²) in [5.41, 5.74) is 3.61. The number of rotatable bonds is 5. The Hall–Kier alpha value is -2.45. The molecule has 3 aromatic carbocycles. The monoisotopic (exact) mass is 349 g/mol. The third-order valence-electron chi connectivity index (χ3n) is 4.60. The van der Waals surface area contributed by atoms with Crippen molar-refractivity contribution in [2.24, 2.45) is 0 Å². The number of fused-ring (bicyclic) bond motifs is 3. The van der Waals surface area contributed by atoms with E-state index in [0.717, 1.165) is 29.3 Å². The molecule has 1 aromatic heterocycles. The lowest BCUT2D eigenvalue weighted by atomic mass is 10.2. The Labute approximate surface area is 152 Å². The number of hydrogen-bond acceptors (Lipinski definition) is 1. The topological polar surface area (TPSA) is 14.2 Å². The van der Waals surface area contributed by atoms with Gasteiger partial charge in [-0.2, -0.15) is 0 Å². The summed E-state index contributed by atoms with van der Waals surface area (Å²) in [6, 6.07) is 23.0. The van der Waals surface area contributed by atoms with Crippen molar-refractivity contribution in [1.29, 1.82) is 0 Å². The van der Waals surface area contributed by atoms with Gasteiger partial charge < -0.3 is 9.30 Å². The van der Waals surface area contributed by atoms with E-state index in [1.807, 2.05) is 25.1 Å². The van der Waals surface area contributed by atoms with Gasteiger partial charge in [-0.05, 0) is 49.2 Å². The van der Waals surface area contributed by atoms with Gasteiger partial charge in [-0.1, -0.05) is 48.0 Å². The zero-order chi connectivity index (χ0) is 17.2. The third kappa shape index (κ3) is 3.10. The highest BCUT2D eigenvalue weighted by Crippen LogP contribution is 2.29. The molecule has 0 bridgehead atoms. The van der Waals surface area contributed by atoms with Crippen LogP contribution in [0.3, 0.4) is 0 Å². The Balaban J connectivity index is 1.51. The molecule has 0 aliphatic rings. The van der Waals surface area contributed by atoms with Gasteiger partial charge in [0.05, 0.1) is 6.61 Å².